The fourth-order valence-electron chi connectivity index (χ4n) is 3.84. The second-order valence-corrected chi connectivity index (χ2v) is 8.07. The average Bonchev–Trinajstić information content (AvgIpc) is 2.90. The Bertz CT molecular complexity index is 1250. The van der Waals surface area contributed by atoms with Crippen molar-refractivity contribution >= 4 is 11.4 Å². The molecule has 0 N–H and O–H groups in total. The van der Waals surface area contributed by atoms with Gasteiger partial charge in [0.1, 0.15) is 11.4 Å². The number of rotatable bonds is 9. The molecule has 0 amide bonds. The first-order valence-electron chi connectivity index (χ1n) is 11.5. The molecule has 2 aromatic carbocycles. The molecule has 10 heteroatoms. The maximum atomic E-state index is 13.4. The van der Waals surface area contributed by atoms with Crippen LogP contribution in [0.15, 0.2) is 53.3 Å². The second-order valence-electron chi connectivity index (χ2n) is 8.07. The lowest BCUT2D eigenvalue weighted by Gasteiger charge is -2.29. The van der Waals surface area contributed by atoms with Gasteiger partial charge in [0.25, 0.3) is 5.69 Å². The fraction of sp³-hybridized carbons (Fsp3) is 0.360. The molecule has 0 bridgehead atoms. The van der Waals surface area contributed by atoms with Crippen molar-refractivity contribution in [2.24, 2.45) is 0 Å². The molecule has 0 spiro atoms. The standard InChI is InChI=1S/C25H28N4O6/c1-3-4-12-35-24-17-21(18-6-5-7-20(15-18)33-2)26-28(25(24)30)23-16-19(8-9-22(23)29(31)32)27-10-13-34-14-11-27/h5-9,15-17H,3-4,10-14H2,1-2H3. The molecule has 1 saturated heterocycles. The number of methoxy groups -OCH3 is 1. The molecule has 184 valence electrons. The van der Waals surface area contributed by atoms with Crippen LogP contribution in [0.1, 0.15) is 19.8 Å². The average molecular weight is 481 g/mol. The molecule has 0 aliphatic carbocycles. The molecule has 1 aliphatic heterocycles. The highest BCUT2D eigenvalue weighted by Gasteiger charge is 2.23. The van der Waals surface area contributed by atoms with Gasteiger partial charge in [-0.05, 0) is 30.7 Å². The van der Waals surface area contributed by atoms with Crippen molar-refractivity contribution in [3.8, 4) is 28.4 Å². The maximum absolute atomic E-state index is 13.4. The van der Waals surface area contributed by atoms with E-state index in [4.69, 9.17) is 14.2 Å². The molecular weight excluding hydrogens is 452 g/mol. The Morgan fingerprint density at radius 2 is 1.94 bits per heavy atom. The Kier molecular flexibility index (Phi) is 7.61. The van der Waals surface area contributed by atoms with Crippen LogP contribution in [0.4, 0.5) is 11.4 Å². The van der Waals surface area contributed by atoms with Gasteiger partial charge in [-0.25, -0.2) is 0 Å². The van der Waals surface area contributed by atoms with Crippen LogP contribution in [0, 0.1) is 10.1 Å². The van der Waals surface area contributed by atoms with E-state index < -0.39 is 10.5 Å². The van der Waals surface area contributed by atoms with E-state index >= 15 is 0 Å². The van der Waals surface area contributed by atoms with Crippen LogP contribution in [-0.2, 0) is 4.74 Å². The number of nitro groups is 1. The van der Waals surface area contributed by atoms with Crippen LogP contribution >= 0.6 is 0 Å². The number of aromatic nitrogens is 2. The van der Waals surface area contributed by atoms with Gasteiger partial charge in [0, 0.05) is 36.5 Å². The topological polar surface area (TPSA) is 109 Å². The summed E-state index contributed by atoms with van der Waals surface area (Å²) in [5.41, 5.74) is 1.16. The molecule has 1 aromatic heterocycles. The highest BCUT2D eigenvalue weighted by atomic mass is 16.6. The molecule has 1 fully saturated rings. The Hall–Kier alpha value is -3.92. The van der Waals surface area contributed by atoms with E-state index in [0.717, 1.165) is 23.2 Å². The zero-order valence-electron chi connectivity index (χ0n) is 19.8. The molecule has 0 radical (unpaired) electrons. The van der Waals surface area contributed by atoms with E-state index in [1.54, 1.807) is 37.4 Å². The summed E-state index contributed by atoms with van der Waals surface area (Å²) in [4.78, 5) is 26.9. The number of benzene rings is 2. The van der Waals surface area contributed by atoms with Crippen molar-refractivity contribution in [1.29, 1.82) is 0 Å². The minimum Gasteiger partial charge on any atom is -0.497 e. The summed E-state index contributed by atoms with van der Waals surface area (Å²) in [6.45, 7) is 4.79. The van der Waals surface area contributed by atoms with E-state index in [9.17, 15) is 14.9 Å². The molecule has 0 saturated carbocycles. The first-order valence-corrected chi connectivity index (χ1v) is 11.5. The summed E-state index contributed by atoms with van der Waals surface area (Å²) >= 11 is 0. The molecule has 10 nitrogen and oxygen atoms in total. The molecule has 0 atom stereocenters. The zero-order valence-corrected chi connectivity index (χ0v) is 19.8. The highest BCUT2D eigenvalue weighted by Crippen LogP contribution is 2.30. The summed E-state index contributed by atoms with van der Waals surface area (Å²) in [5, 5.41) is 16.4. The van der Waals surface area contributed by atoms with Crippen molar-refractivity contribution in [2.75, 3.05) is 44.9 Å². The molecule has 1 aliphatic rings. The normalized spacial score (nSPS) is 13.5. The number of nitro benzene ring substituents is 1. The summed E-state index contributed by atoms with van der Waals surface area (Å²) in [7, 11) is 1.56. The number of nitrogens with zero attached hydrogens (tertiary/aromatic N) is 4. The zero-order chi connectivity index (χ0) is 24.8. The molecule has 35 heavy (non-hydrogen) atoms. The second kappa shape index (κ2) is 11.0. The number of anilines is 1. The quantitative estimate of drug-likeness (QED) is 0.258. The molecular formula is C25H28N4O6. The van der Waals surface area contributed by atoms with Crippen molar-refractivity contribution in [3.05, 3.63) is 69.0 Å². The van der Waals surface area contributed by atoms with Gasteiger partial charge in [-0.2, -0.15) is 9.78 Å². The predicted octanol–water partition coefficient (Wildman–Crippen LogP) is 3.83. The Morgan fingerprint density at radius 3 is 2.66 bits per heavy atom. The third-order valence-corrected chi connectivity index (χ3v) is 5.76. The maximum Gasteiger partial charge on any atom is 0.314 e. The number of ether oxygens (including phenoxy) is 3. The van der Waals surface area contributed by atoms with Crippen LogP contribution in [0.2, 0.25) is 0 Å². The van der Waals surface area contributed by atoms with E-state index in [-0.39, 0.29) is 17.1 Å². The smallest absolute Gasteiger partial charge is 0.314 e. The Morgan fingerprint density at radius 1 is 1.14 bits per heavy atom. The molecule has 4 rings (SSSR count). The van der Waals surface area contributed by atoms with Crippen molar-refractivity contribution in [1.82, 2.24) is 9.78 Å². The van der Waals surface area contributed by atoms with Gasteiger partial charge in [0.2, 0.25) is 0 Å². The number of unbranched alkanes of at least 4 members (excludes halogenated alkanes) is 1. The summed E-state index contributed by atoms with van der Waals surface area (Å²) < 4.78 is 17.6. The third kappa shape index (κ3) is 5.43. The van der Waals surface area contributed by atoms with Crippen molar-refractivity contribution in [2.45, 2.75) is 19.8 Å². The first kappa shape index (κ1) is 24.2. The number of hydrogen-bond acceptors (Lipinski definition) is 8. The van der Waals surface area contributed by atoms with Gasteiger partial charge >= 0.3 is 5.56 Å². The Labute approximate surface area is 202 Å². The minimum absolute atomic E-state index is 0.0779. The highest BCUT2D eigenvalue weighted by molar-refractivity contribution is 5.65. The van der Waals surface area contributed by atoms with Gasteiger partial charge in [0.05, 0.1) is 37.5 Å². The van der Waals surface area contributed by atoms with E-state index in [1.807, 2.05) is 19.1 Å². The first-order chi connectivity index (χ1) is 17.0. The monoisotopic (exact) mass is 480 g/mol. The SMILES string of the molecule is CCCCOc1cc(-c2cccc(OC)c2)nn(-c2cc(N3CCOCC3)ccc2[N+](=O)[O-])c1=O. The summed E-state index contributed by atoms with van der Waals surface area (Å²) in [6, 6.07) is 13.5. The molecule has 2 heterocycles. The molecule has 3 aromatic rings. The number of hydrogen-bond donors (Lipinski definition) is 0. The van der Waals surface area contributed by atoms with E-state index in [1.165, 1.54) is 6.07 Å². The molecule has 0 unspecified atom stereocenters. The van der Waals surface area contributed by atoms with Gasteiger partial charge in [-0.15, -0.1) is 0 Å². The van der Waals surface area contributed by atoms with Crippen LogP contribution in [-0.4, -0.2) is 54.7 Å². The van der Waals surface area contributed by atoms with Crippen LogP contribution in [0.25, 0.3) is 16.9 Å². The number of morpholine rings is 1. The van der Waals surface area contributed by atoms with Crippen molar-refractivity contribution < 1.29 is 19.1 Å². The predicted molar refractivity (Wildman–Crippen MR) is 132 cm³/mol. The largest absolute Gasteiger partial charge is 0.497 e. The van der Waals surface area contributed by atoms with E-state index in [2.05, 4.69) is 10.00 Å². The van der Waals surface area contributed by atoms with Gasteiger partial charge in [-0.1, -0.05) is 25.5 Å². The lowest BCUT2D eigenvalue weighted by molar-refractivity contribution is -0.384. The summed E-state index contributed by atoms with van der Waals surface area (Å²) in [6.07, 6.45) is 1.66. The van der Waals surface area contributed by atoms with Gasteiger partial charge in [0.15, 0.2) is 5.75 Å². The fourth-order valence-corrected chi connectivity index (χ4v) is 3.84. The van der Waals surface area contributed by atoms with Crippen molar-refractivity contribution in [3.63, 3.8) is 0 Å². The summed E-state index contributed by atoms with van der Waals surface area (Å²) in [5.74, 6) is 0.702. The van der Waals surface area contributed by atoms with Crippen LogP contribution < -0.4 is 19.9 Å². The Balaban J connectivity index is 1.89. The van der Waals surface area contributed by atoms with Crippen LogP contribution in [0.5, 0.6) is 11.5 Å². The van der Waals surface area contributed by atoms with Crippen LogP contribution in [0.3, 0.4) is 0 Å². The lowest BCUT2D eigenvalue weighted by Crippen LogP contribution is -2.36. The minimum atomic E-state index is -0.560. The third-order valence-electron chi connectivity index (χ3n) is 5.76. The lowest BCUT2D eigenvalue weighted by atomic mass is 10.1. The van der Waals surface area contributed by atoms with E-state index in [0.29, 0.717) is 49.9 Å². The van der Waals surface area contributed by atoms with Gasteiger partial charge < -0.3 is 19.1 Å². The van der Waals surface area contributed by atoms with Gasteiger partial charge in [-0.3, -0.25) is 14.9 Å².